The third-order valence-corrected chi connectivity index (χ3v) is 4.49. The lowest BCUT2D eigenvalue weighted by Crippen LogP contribution is -2.35. The molecule has 1 aliphatic rings. The van der Waals surface area contributed by atoms with E-state index in [-0.39, 0.29) is 18.6 Å². The predicted molar refractivity (Wildman–Crippen MR) is 103 cm³/mol. The van der Waals surface area contributed by atoms with Gasteiger partial charge in [-0.3, -0.25) is 4.79 Å². The van der Waals surface area contributed by atoms with E-state index >= 15 is 0 Å². The highest BCUT2D eigenvalue weighted by Crippen LogP contribution is 2.32. The molecule has 27 heavy (non-hydrogen) atoms. The number of fused-ring (bicyclic) bond motifs is 1. The van der Waals surface area contributed by atoms with E-state index in [9.17, 15) is 9.59 Å². The van der Waals surface area contributed by atoms with Crippen LogP contribution >= 0.6 is 0 Å². The van der Waals surface area contributed by atoms with E-state index in [4.69, 9.17) is 9.84 Å². The van der Waals surface area contributed by atoms with Gasteiger partial charge in [-0.1, -0.05) is 30.3 Å². The van der Waals surface area contributed by atoms with Crippen molar-refractivity contribution in [2.75, 3.05) is 6.54 Å². The van der Waals surface area contributed by atoms with E-state index in [2.05, 4.69) is 29.7 Å². The predicted octanol–water partition coefficient (Wildman–Crippen LogP) is 3.34. The zero-order valence-electron chi connectivity index (χ0n) is 15.3. The largest absolute Gasteiger partial charge is 0.490 e. The van der Waals surface area contributed by atoms with E-state index in [1.54, 1.807) is 0 Å². The Balaban J connectivity index is 1.50. The van der Waals surface area contributed by atoms with Crippen molar-refractivity contribution >= 4 is 12.0 Å². The van der Waals surface area contributed by atoms with Gasteiger partial charge in [-0.15, -0.1) is 0 Å². The molecule has 3 N–H and O–H groups in total. The SMILES string of the molecule is CC1Cc2cc(-c3ccc(CNC(=O)NCCCC(=O)O)cc3)ccc2O1. The minimum Gasteiger partial charge on any atom is -0.490 e. The van der Waals surface area contributed by atoms with Gasteiger partial charge in [0.1, 0.15) is 11.9 Å². The Kier molecular flexibility index (Phi) is 5.96. The van der Waals surface area contributed by atoms with Gasteiger partial charge < -0.3 is 20.5 Å². The van der Waals surface area contributed by atoms with Crippen molar-refractivity contribution in [3.05, 3.63) is 53.6 Å². The highest BCUT2D eigenvalue weighted by atomic mass is 16.5. The van der Waals surface area contributed by atoms with E-state index < -0.39 is 5.97 Å². The molecule has 0 aliphatic carbocycles. The zero-order valence-corrected chi connectivity index (χ0v) is 15.3. The van der Waals surface area contributed by atoms with Crippen LogP contribution in [-0.4, -0.2) is 29.8 Å². The number of aliphatic carboxylic acids is 1. The number of carboxylic acid groups (broad SMARTS) is 1. The molecule has 142 valence electrons. The van der Waals surface area contributed by atoms with Crippen LogP contribution in [0.3, 0.4) is 0 Å². The number of ether oxygens (including phenoxy) is 1. The molecular formula is C21H24N2O4. The highest BCUT2D eigenvalue weighted by molar-refractivity contribution is 5.74. The Morgan fingerprint density at radius 3 is 2.59 bits per heavy atom. The fourth-order valence-electron chi connectivity index (χ4n) is 3.10. The Hall–Kier alpha value is -3.02. The second-order valence-corrected chi connectivity index (χ2v) is 6.76. The van der Waals surface area contributed by atoms with Crippen molar-refractivity contribution in [2.24, 2.45) is 0 Å². The van der Waals surface area contributed by atoms with Gasteiger partial charge in [0.05, 0.1) is 0 Å². The Morgan fingerprint density at radius 1 is 1.11 bits per heavy atom. The molecule has 0 radical (unpaired) electrons. The maximum absolute atomic E-state index is 11.7. The van der Waals surface area contributed by atoms with Crippen LogP contribution < -0.4 is 15.4 Å². The Morgan fingerprint density at radius 2 is 1.85 bits per heavy atom. The Labute approximate surface area is 158 Å². The van der Waals surface area contributed by atoms with Crippen LogP contribution in [0, 0.1) is 0 Å². The first kappa shape index (κ1) is 18.8. The summed E-state index contributed by atoms with van der Waals surface area (Å²) in [6.07, 6.45) is 1.64. The van der Waals surface area contributed by atoms with E-state index in [0.29, 0.717) is 19.5 Å². The zero-order chi connectivity index (χ0) is 19.2. The molecule has 0 saturated carbocycles. The summed E-state index contributed by atoms with van der Waals surface area (Å²) in [5.74, 6) is 0.115. The fourth-order valence-corrected chi connectivity index (χ4v) is 3.10. The van der Waals surface area contributed by atoms with Gasteiger partial charge in [-0.05, 0) is 47.7 Å². The molecule has 6 nitrogen and oxygen atoms in total. The molecule has 1 unspecified atom stereocenters. The van der Waals surface area contributed by atoms with Crippen LogP contribution in [0.4, 0.5) is 4.79 Å². The average Bonchev–Trinajstić information content (AvgIpc) is 3.03. The number of hydrogen-bond donors (Lipinski definition) is 3. The number of carboxylic acids is 1. The van der Waals surface area contributed by atoms with Crippen molar-refractivity contribution in [1.82, 2.24) is 10.6 Å². The van der Waals surface area contributed by atoms with Gasteiger partial charge in [0.2, 0.25) is 0 Å². The summed E-state index contributed by atoms with van der Waals surface area (Å²) in [6, 6.07) is 14.0. The molecule has 2 amide bonds. The normalized spacial score (nSPS) is 14.9. The van der Waals surface area contributed by atoms with Crippen molar-refractivity contribution in [3.8, 4) is 16.9 Å². The molecule has 1 heterocycles. The summed E-state index contributed by atoms with van der Waals surface area (Å²) >= 11 is 0. The monoisotopic (exact) mass is 368 g/mol. The third kappa shape index (κ3) is 5.23. The number of hydrogen-bond acceptors (Lipinski definition) is 3. The van der Waals surface area contributed by atoms with Gasteiger partial charge in [0.15, 0.2) is 0 Å². The first-order chi connectivity index (χ1) is 13.0. The number of benzene rings is 2. The molecule has 1 aliphatic heterocycles. The van der Waals surface area contributed by atoms with Crippen LogP contribution in [0.1, 0.15) is 30.9 Å². The van der Waals surface area contributed by atoms with Crippen molar-refractivity contribution in [3.63, 3.8) is 0 Å². The summed E-state index contributed by atoms with van der Waals surface area (Å²) in [7, 11) is 0. The van der Waals surface area contributed by atoms with Crippen molar-refractivity contribution in [2.45, 2.75) is 38.8 Å². The summed E-state index contributed by atoms with van der Waals surface area (Å²) < 4.78 is 5.74. The maximum Gasteiger partial charge on any atom is 0.315 e. The maximum atomic E-state index is 11.7. The first-order valence-corrected chi connectivity index (χ1v) is 9.13. The molecule has 1 atom stereocenters. The summed E-state index contributed by atoms with van der Waals surface area (Å²) in [5.41, 5.74) is 4.52. The van der Waals surface area contributed by atoms with E-state index in [1.807, 2.05) is 30.3 Å². The molecule has 2 aromatic rings. The summed E-state index contributed by atoms with van der Waals surface area (Å²) in [4.78, 5) is 22.1. The van der Waals surface area contributed by atoms with Crippen LogP contribution in [0.2, 0.25) is 0 Å². The van der Waals surface area contributed by atoms with Gasteiger partial charge in [-0.25, -0.2) is 4.79 Å². The Bertz CT molecular complexity index is 817. The molecular weight excluding hydrogens is 344 g/mol. The van der Waals surface area contributed by atoms with Gasteiger partial charge in [0, 0.05) is 25.9 Å². The minimum atomic E-state index is -0.859. The number of carbonyl (C=O) groups excluding carboxylic acids is 1. The molecule has 6 heteroatoms. The van der Waals surface area contributed by atoms with Gasteiger partial charge >= 0.3 is 12.0 Å². The molecule has 3 rings (SSSR count). The molecule has 0 spiro atoms. The molecule has 0 fully saturated rings. The first-order valence-electron chi connectivity index (χ1n) is 9.13. The van der Waals surface area contributed by atoms with Crippen molar-refractivity contribution < 1.29 is 19.4 Å². The molecule has 0 saturated heterocycles. The standard InChI is InChI=1S/C21H24N2O4/c1-14-11-18-12-17(8-9-19(18)27-14)16-6-4-15(5-7-16)13-23-21(26)22-10-2-3-20(24)25/h4-9,12,14H,2-3,10-11,13H2,1H3,(H,24,25)(H2,22,23,26). The number of urea groups is 1. The number of carbonyl (C=O) groups is 2. The van der Waals surface area contributed by atoms with Crippen LogP contribution in [0.15, 0.2) is 42.5 Å². The lowest BCUT2D eigenvalue weighted by atomic mass is 10.00. The van der Waals surface area contributed by atoms with E-state index in [0.717, 1.165) is 28.9 Å². The third-order valence-electron chi connectivity index (χ3n) is 4.49. The number of amides is 2. The topological polar surface area (TPSA) is 87.7 Å². The molecule has 0 bridgehead atoms. The average molecular weight is 368 g/mol. The smallest absolute Gasteiger partial charge is 0.315 e. The number of rotatable bonds is 7. The van der Waals surface area contributed by atoms with Gasteiger partial charge in [-0.2, -0.15) is 0 Å². The van der Waals surface area contributed by atoms with E-state index in [1.165, 1.54) is 5.56 Å². The second kappa shape index (κ2) is 8.58. The highest BCUT2D eigenvalue weighted by Gasteiger charge is 2.19. The molecule has 0 aromatic heterocycles. The van der Waals surface area contributed by atoms with Crippen LogP contribution in [0.5, 0.6) is 5.75 Å². The minimum absolute atomic E-state index is 0.0511. The number of nitrogens with one attached hydrogen (secondary N) is 2. The van der Waals surface area contributed by atoms with Crippen LogP contribution in [-0.2, 0) is 17.8 Å². The van der Waals surface area contributed by atoms with Crippen molar-refractivity contribution in [1.29, 1.82) is 0 Å². The van der Waals surface area contributed by atoms with Gasteiger partial charge in [0.25, 0.3) is 0 Å². The molecule has 2 aromatic carbocycles. The van der Waals surface area contributed by atoms with Crippen LogP contribution in [0.25, 0.3) is 11.1 Å². The lowest BCUT2D eigenvalue weighted by molar-refractivity contribution is -0.137. The fraction of sp³-hybridized carbons (Fsp3) is 0.333. The second-order valence-electron chi connectivity index (χ2n) is 6.76. The quantitative estimate of drug-likeness (QED) is 0.654. The lowest BCUT2D eigenvalue weighted by Gasteiger charge is -2.09. The summed E-state index contributed by atoms with van der Waals surface area (Å²) in [5, 5.41) is 14.0. The summed E-state index contributed by atoms with van der Waals surface area (Å²) in [6.45, 7) is 2.84.